The number of amides is 1. The smallest absolute Gasteiger partial charge is 0.481 e. The molecule has 0 aliphatic rings. The van der Waals surface area contributed by atoms with E-state index in [0.717, 1.165) is 5.56 Å². The molecule has 4 aromatic rings. The Hall–Kier alpha value is -4.96. The molecule has 0 radical (unpaired) electrons. The molecule has 1 amide bonds. The molecule has 0 aliphatic carbocycles. The quantitative estimate of drug-likeness (QED) is 0.121. The Morgan fingerprint density at radius 2 is 1.50 bits per heavy atom. The lowest BCUT2D eigenvalue weighted by molar-refractivity contribution is -0.139. The number of aliphatic hydroxyl groups excluding tert-OH is 1. The zero-order chi connectivity index (χ0) is 31.8. The van der Waals surface area contributed by atoms with Crippen molar-refractivity contribution in [3.05, 3.63) is 102 Å². The van der Waals surface area contributed by atoms with Gasteiger partial charge in [-0.1, -0.05) is 62.4 Å². The number of carboxylic acids is 1. The van der Waals surface area contributed by atoms with Crippen molar-refractivity contribution in [2.75, 3.05) is 5.32 Å². The van der Waals surface area contributed by atoms with E-state index < -0.39 is 36.6 Å². The largest absolute Gasteiger partial charge is 0.506 e. The maximum Gasteiger partial charge on any atom is 0.506 e. The average molecular weight is 603 g/mol. The number of para-hydroxylation sites is 1. The van der Waals surface area contributed by atoms with Crippen molar-refractivity contribution in [3.8, 4) is 22.4 Å². The standard InChI is InChI=1S/C34H35FN2O7/c1-21(2)31-30(33(41)36-25-11-7-4-8-12-25)29(22-9-5-3-6-10-22)32(23-13-15-24(35)16-14-23)37(31)18-17-26(38)19-27(20-28(39)40)44-34(42)43/h3-16,21,26-27,38H,17-20H2,1-2H3,(H,36,41)(H,39,40)(H,42,43)/t26-,27-/m1/s1. The lowest BCUT2D eigenvalue weighted by atomic mass is 9.94. The number of hydrogen-bond acceptors (Lipinski definition) is 5. The van der Waals surface area contributed by atoms with Gasteiger partial charge in [0.05, 0.1) is 23.8 Å². The number of aromatic nitrogens is 1. The minimum Gasteiger partial charge on any atom is -0.481 e. The molecule has 0 unspecified atom stereocenters. The predicted molar refractivity (Wildman–Crippen MR) is 164 cm³/mol. The van der Waals surface area contributed by atoms with Crippen LogP contribution in [0.3, 0.4) is 0 Å². The van der Waals surface area contributed by atoms with E-state index in [2.05, 4.69) is 5.32 Å². The Bertz CT molecular complexity index is 1570. The molecule has 1 aromatic heterocycles. The minimum atomic E-state index is -1.63. The number of halogens is 1. The number of benzene rings is 3. The first-order valence-electron chi connectivity index (χ1n) is 14.3. The third kappa shape index (κ3) is 7.90. The molecule has 0 aliphatic heterocycles. The third-order valence-corrected chi connectivity index (χ3v) is 7.18. The second kappa shape index (κ2) is 14.5. The molecular weight excluding hydrogens is 567 g/mol. The molecule has 4 N–H and O–H groups in total. The fourth-order valence-corrected chi connectivity index (χ4v) is 5.42. The van der Waals surface area contributed by atoms with Crippen molar-refractivity contribution < 1.29 is 38.8 Å². The summed E-state index contributed by atoms with van der Waals surface area (Å²) in [5, 5.41) is 32.1. The zero-order valence-corrected chi connectivity index (χ0v) is 24.4. The van der Waals surface area contributed by atoms with Gasteiger partial charge in [0.25, 0.3) is 5.91 Å². The Labute approximate surface area is 254 Å². The molecule has 0 fully saturated rings. The van der Waals surface area contributed by atoms with Crippen molar-refractivity contribution in [2.45, 2.75) is 57.8 Å². The van der Waals surface area contributed by atoms with E-state index in [1.165, 1.54) is 12.1 Å². The number of aliphatic carboxylic acids is 1. The van der Waals surface area contributed by atoms with Gasteiger partial charge in [-0.3, -0.25) is 9.59 Å². The fraction of sp³-hybridized carbons (Fsp3) is 0.265. The van der Waals surface area contributed by atoms with Gasteiger partial charge in [0.2, 0.25) is 0 Å². The SMILES string of the molecule is CC(C)c1c(C(=O)Nc2ccccc2)c(-c2ccccc2)c(-c2ccc(F)cc2)n1CC[C@@H](O)C[C@H](CC(=O)O)OC(=O)O. The van der Waals surface area contributed by atoms with Gasteiger partial charge in [0, 0.05) is 29.9 Å². The van der Waals surface area contributed by atoms with Crippen LogP contribution in [0.25, 0.3) is 22.4 Å². The van der Waals surface area contributed by atoms with Crippen LogP contribution in [0, 0.1) is 5.82 Å². The molecule has 1 heterocycles. The zero-order valence-electron chi connectivity index (χ0n) is 24.4. The van der Waals surface area contributed by atoms with E-state index in [4.69, 9.17) is 9.84 Å². The number of carboxylic acid groups (broad SMARTS) is 2. The minimum absolute atomic E-state index is 0.0929. The summed E-state index contributed by atoms with van der Waals surface area (Å²) in [6.07, 6.45) is -4.71. The number of ether oxygens (including phenoxy) is 1. The number of anilines is 1. The van der Waals surface area contributed by atoms with Gasteiger partial charge in [-0.2, -0.15) is 0 Å². The average Bonchev–Trinajstić information content (AvgIpc) is 3.32. The molecule has 0 spiro atoms. The lowest BCUT2D eigenvalue weighted by Crippen LogP contribution is -2.27. The molecule has 4 rings (SSSR count). The summed E-state index contributed by atoms with van der Waals surface area (Å²) in [6, 6.07) is 24.4. The van der Waals surface area contributed by atoms with Gasteiger partial charge in [-0.05, 0) is 59.9 Å². The van der Waals surface area contributed by atoms with E-state index in [1.807, 2.05) is 66.9 Å². The molecule has 2 atom stereocenters. The molecule has 44 heavy (non-hydrogen) atoms. The van der Waals surface area contributed by atoms with Gasteiger partial charge < -0.3 is 29.9 Å². The summed E-state index contributed by atoms with van der Waals surface area (Å²) in [6.45, 7) is 4.09. The summed E-state index contributed by atoms with van der Waals surface area (Å²) in [5.74, 6) is -2.18. The van der Waals surface area contributed by atoms with E-state index in [-0.39, 0.29) is 31.2 Å². The molecule has 9 nitrogen and oxygen atoms in total. The number of rotatable bonds is 13. The van der Waals surface area contributed by atoms with Crippen LogP contribution in [-0.2, 0) is 16.1 Å². The van der Waals surface area contributed by atoms with E-state index in [9.17, 15) is 29.0 Å². The molecule has 3 aromatic carbocycles. The number of carbonyl (C=O) groups excluding carboxylic acids is 1. The summed E-state index contributed by atoms with van der Waals surface area (Å²) in [4.78, 5) is 36.5. The van der Waals surface area contributed by atoms with E-state index in [0.29, 0.717) is 33.8 Å². The highest BCUT2D eigenvalue weighted by Gasteiger charge is 2.31. The fourth-order valence-electron chi connectivity index (χ4n) is 5.42. The van der Waals surface area contributed by atoms with Gasteiger partial charge in [-0.15, -0.1) is 0 Å². The Morgan fingerprint density at radius 3 is 2.07 bits per heavy atom. The number of nitrogens with zero attached hydrogens (tertiary/aromatic N) is 1. The van der Waals surface area contributed by atoms with E-state index >= 15 is 0 Å². The molecule has 0 saturated carbocycles. The molecular formula is C34H35FN2O7. The van der Waals surface area contributed by atoms with Crippen LogP contribution in [0.2, 0.25) is 0 Å². The van der Waals surface area contributed by atoms with Crippen LogP contribution in [0.1, 0.15) is 55.1 Å². The van der Waals surface area contributed by atoms with Gasteiger partial charge in [0.15, 0.2) is 0 Å². The first-order chi connectivity index (χ1) is 21.0. The first kappa shape index (κ1) is 32.0. The van der Waals surface area contributed by atoms with Crippen LogP contribution in [0.15, 0.2) is 84.9 Å². The predicted octanol–water partition coefficient (Wildman–Crippen LogP) is 7.02. The van der Waals surface area contributed by atoms with Crippen LogP contribution >= 0.6 is 0 Å². The van der Waals surface area contributed by atoms with Crippen molar-refractivity contribution >= 4 is 23.7 Å². The third-order valence-electron chi connectivity index (χ3n) is 7.18. The van der Waals surface area contributed by atoms with Crippen LogP contribution in [0.4, 0.5) is 14.9 Å². The lowest BCUT2D eigenvalue weighted by Gasteiger charge is -2.21. The van der Waals surface area contributed by atoms with Crippen molar-refractivity contribution in [3.63, 3.8) is 0 Å². The monoisotopic (exact) mass is 602 g/mol. The van der Waals surface area contributed by atoms with Crippen LogP contribution < -0.4 is 5.32 Å². The first-order valence-corrected chi connectivity index (χ1v) is 14.3. The van der Waals surface area contributed by atoms with Crippen LogP contribution in [0.5, 0.6) is 0 Å². The van der Waals surface area contributed by atoms with Gasteiger partial charge >= 0.3 is 12.1 Å². The summed E-state index contributed by atoms with van der Waals surface area (Å²) in [5.41, 5.74) is 4.44. The Kier molecular flexibility index (Phi) is 10.5. The van der Waals surface area contributed by atoms with E-state index in [1.54, 1.807) is 24.3 Å². The van der Waals surface area contributed by atoms with Crippen molar-refractivity contribution in [1.82, 2.24) is 4.57 Å². The number of aliphatic hydroxyl groups is 1. The maximum absolute atomic E-state index is 14.1. The number of nitrogens with one attached hydrogen (secondary N) is 1. The highest BCUT2D eigenvalue weighted by atomic mass is 19.1. The number of carbonyl (C=O) groups is 3. The Morgan fingerprint density at radius 1 is 0.886 bits per heavy atom. The highest BCUT2D eigenvalue weighted by molar-refractivity contribution is 6.12. The van der Waals surface area contributed by atoms with Crippen molar-refractivity contribution in [2.24, 2.45) is 0 Å². The molecule has 10 heteroatoms. The second-order valence-corrected chi connectivity index (χ2v) is 10.8. The summed E-state index contributed by atoms with van der Waals surface area (Å²) < 4.78 is 20.7. The maximum atomic E-state index is 14.1. The summed E-state index contributed by atoms with van der Waals surface area (Å²) >= 11 is 0. The topological polar surface area (TPSA) is 138 Å². The molecule has 230 valence electrons. The highest BCUT2D eigenvalue weighted by Crippen LogP contribution is 2.42. The van der Waals surface area contributed by atoms with Gasteiger partial charge in [0.1, 0.15) is 11.9 Å². The second-order valence-electron chi connectivity index (χ2n) is 10.8. The normalized spacial score (nSPS) is 12.5. The molecule has 0 bridgehead atoms. The van der Waals surface area contributed by atoms with Crippen LogP contribution in [-0.4, -0.2) is 50.1 Å². The van der Waals surface area contributed by atoms with Crippen molar-refractivity contribution in [1.29, 1.82) is 0 Å². The van der Waals surface area contributed by atoms with Gasteiger partial charge in [-0.25, -0.2) is 9.18 Å². The number of hydrogen-bond donors (Lipinski definition) is 4. The molecule has 0 saturated heterocycles. The Balaban J connectivity index is 1.86. The summed E-state index contributed by atoms with van der Waals surface area (Å²) in [7, 11) is 0.